The van der Waals surface area contributed by atoms with Crippen molar-refractivity contribution in [3.8, 4) is 0 Å². The summed E-state index contributed by atoms with van der Waals surface area (Å²) in [7, 11) is 0. The van der Waals surface area contributed by atoms with Gasteiger partial charge >= 0.3 is 0 Å². The predicted octanol–water partition coefficient (Wildman–Crippen LogP) is 4.27. The Hall–Kier alpha value is -3.02. The number of para-hydroxylation sites is 1. The molecule has 1 N–H and O–H groups in total. The van der Waals surface area contributed by atoms with Gasteiger partial charge in [-0.1, -0.05) is 39.0 Å². The van der Waals surface area contributed by atoms with Crippen molar-refractivity contribution < 1.29 is 9.21 Å². The Morgan fingerprint density at radius 1 is 1.07 bits per heavy atom. The molecule has 0 bridgehead atoms. The van der Waals surface area contributed by atoms with Crippen LogP contribution in [0.15, 0.2) is 52.9 Å². The maximum Gasteiger partial charge on any atom is 0.244 e. The zero-order chi connectivity index (χ0) is 21.3. The maximum atomic E-state index is 13.0. The van der Waals surface area contributed by atoms with Crippen LogP contribution in [0.25, 0.3) is 11.1 Å². The number of carbonyl (C=O) groups excluding carboxylic acids is 1. The van der Waals surface area contributed by atoms with E-state index in [1.54, 1.807) is 0 Å². The molecule has 0 saturated carbocycles. The van der Waals surface area contributed by atoms with Gasteiger partial charge in [0.15, 0.2) is 5.58 Å². The van der Waals surface area contributed by atoms with Crippen LogP contribution < -0.4 is 10.2 Å². The molecule has 1 aromatic heterocycles. The van der Waals surface area contributed by atoms with Crippen molar-refractivity contribution in [1.82, 2.24) is 9.88 Å². The van der Waals surface area contributed by atoms with Gasteiger partial charge in [0.2, 0.25) is 11.8 Å². The van der Waals surface area contributed by atoms with Gasteiger partial charge < -0.3 is 19.5 Å². The summed E-state index contributed by atoms with van der Waals surface area (Å²) in [4.78, 5) is 21.8. The van der Waals surface area contributed by atoms with E-state index in [1.807, 2.05) is 36.1 Å². The van der Waals surface area contributed by atoms with Gasteiger partial charge in [-0.25, -0.2) is 4.98 Å². The van der Waals surface area contributed by atoms with Crippen LogP contribution in [0.1, 0.15) is 33.6 Å². The molecule has 158 valence electrons. The topological polar surface area (TPSA) is 61.6 Å². The summed E-state index contributed by atoms with van der Waals surface area (Å²) in [5.41, 5.74) is 3.52. The normalized spacial score (nSPS) is 16.0. The Labute approximate surface area is 177 Å². The average Bonchev–Trinajstić information content (AvgIpc) is 3.18. The summed E-state index contributed by atoms with van der Waals surface area (Å²) in [5, 5.41) is 3.34. The van der Waals surface area contributed by atoms with E-state index in [-0.39, 0.29) is 17.4 Å². The Morgan fingerprint density at radius 3 is 2.43 bits per heavy atom. The van der Waals surface area contributed by atoms with E-state index in [0.717, 1.165) is 48.9 Å². The van der Waals surface area contributed by atoms with Gasteiger partial charge in [0.1, 0.15) is 11.6 Å². The predicted molar refractivity (Wildman–Crippen MR) is 121 cm³/mol. The molecule has 2 heterocycles. The minimum absolute atomic E-state index is 0.123. The average molecular weight is 407 g/mol. The molecule has 2 aromatic carbocycles. The number of fused-ring (bicyclic) bond motifs is 1. The van der Waals surface area contributed by atoms with Gasteiger partial charge in [0.25, 0.3) is 0 Å². The Balaban J connectivity index is 1.38. The van der Waals surface area contributed by atoms with Crippen LogP contribution in [0.5, 0.6) is 0 Å². The smallest absolute Gasteiger partial charge is 0.244 e. The number of hydrogen-bond acceptors (Lipinski definition) is 5. The van der Waals surface area contributed by atoms with Gasteiger partial charge in [0.05, 0.1) is 0 Å². The second-order valence-electron chi connectivity index (χ2n) is 8.97. The number of rotatable bonds is 4. The fourth-order valence-electron chi connectivity index (χ4n) is 3.75. The zero-order valence-electron chi connectivity index (χ0n) is 18.2. The highest BCUT2D eigenvalue weighted by atomic mass is 16.3. The van der Waals surface area contributed by atoms with E-state index in [1.165, 1.54) is 5.69 Å². The molecule has 4 rings (SSSR count). The fourth-order valence-corrected chi connectivity index (χ4v) is 3.75. The maximum absolute atomic E-state index is 13.0. The number of amides is 1. The molecule has 0 radical (unpaired) electrons. The Morgan fingerprint density at radius 2 is 1.77 bits per heavy atom. The molecule has 0 spiro atoms. The number of nitrogens with one attached hydrogen (secondary N) is 1. The summed E-state index contributed by atoms with van der Waals surface area (Å²) < 4.78 is 5.86. The highest BCUT2D eigenvalue weighted by Gasteiger charge is 2.25. The lowest BCUT2D eigenvalue weighted by Crippen LogP contribution is -2.52. The van der Waals surface area contributed by atoms with Crippen LogP contribution >= 0.6 is 0 Å². The van der Waals surface area contributed by atoms with Crippen LogP contribution in [0, 0.1) is 0 Å². The molecule has 1 fully saturated rings. The van der Waals surface area contributed by atoms with Crippen LogP contribution in [0.3, 0.4) is 0 Å². The van der Waals surface area contributed by atoms with Gasteiger partial charge in [-0.3, -0.25) is 4.79 Å². The van der Waals surface area contributed by atoms with Gasteiger partial charge in [-0.05, 0) is 37.3 Å². The Kier molecular flexibility index (Phi) is 5.41. The third-order valence-corrected chi connectivity index (χ3v) is 5.50. The number of aromatic nitrogens is 1. The first-order chi connectivity index (χ1) is 14.3. The van der Waals surface area contributed by atoms with Crippen molar-refractivity contribution in [3.05, 3.63) is 54.4 Å². The van der Waals surface area contributed by atoms with Crippen molar-refractivity contribution in [1.29, 1.82) is 0 Å². The third kappa shape index (κ3) is 4.27. The highest BCUT2D eigenvalue weighted by molar-refractivity contribution is 5.86. The van der Waals surface area contributed by atoms with E-state index >= 15 is 0 Å². The molecule has 1 aliphatic rings. The monoisotopic (exact) mass is 406 g/mol. The highest BCUT2D eigenvalue weighted by Crippen LogP contribution is 2.27. The van der Waals surface area contributed by atoms with E-state index in [4.69, 9.17) is 4.42 Å². The molecule has 1 atom stereocenters. The van der Waals surface area contributed by atoms with Crippen LogP contribution in [-0.2, 0) is 10.2 Å². The quantitative estimate of drug-likeness (QED) is 0.701. The van der Waals surface area contributed by atoms with E-state index in [9.17, 15) is 4.79 Å². The third-order valence-electron chi connectivity index (χ3n) is 5.50. The van der Waals surface area contributed by atoms with Crippen LogP contribution in [-0.4, -0.2) is 48.0 Å². The van der Waals surface area contributed by atoms with Crippen molar-refractivity contribution in [2.75, 3.05) is 36.4 Å². The van der Waals surface area contributed by atoms with Crippen molar-refractivity contribution in [2.45, 2.75) is 39.2 Å². The number of piperazine rings is 1. The summed E-state index contributed by atoms with van der Waals surface area (Å²) in [5.74, 6) is 0.841. The standard InChI is InChI=1S/C24H30N4O2/c1-17(22(29)28-14-12-27(13-15-28)19-8-6-5-7-9-19)25-18-10-11-21-20(16-18)26-23(30-21)24(2,3)4/h5-11,16-17,25H,12-15H2,1-4H3/t17-/m1/s1. The summed E-state index contributed by atoms with van der Waals surface area (Å²) in [6.07, 6.45) is 0. The minimum atomic E-state index is -0.306. The number of carbonyl (C=O) groups is 1. The molecular weight excluding hydrogens is 376 g/mol. The number of anilines is 2. The zero-order valence-corrected chi connectivity index (χ0v) is 18.2. The van der Waals surface area contributed by atoms with Crippen LogP contribution in [0.2, 0.25) is 0 Å². The number of hydrogen-bond donors (Lipinski definition) is 1. The van der Waals surface area contributed by atoms with Crippen molar-refractivity contribution >= 4 is 28.4 Å². The first-order valence-corrected chi connectivity index (χ1v) is 10.6. The largest absolute Gasteiger partial charge is 0.440 e. The lowest BCUT2D eigenvalue weighted by molar-refractivity contribution is -0.131. The Bertz CT molecular complexity index is 1010. The van der Waals surface area contributed by atoms with Crippen molar-refractivity contribution in [2.24, 2.45) is 0 Å². The van der Waals surface area contributed by atoms with E-state index < -0.39 is 0 Å². The number of benzene rings is 2. The fraction of sp³-hybridized carbons (Fsp3) is 0.417. The van der Waals surface area contributed by atoms with Crippen molar-refractivity contribution in [3.63, 3.8) is 0 Å². The van der Waals surface area contributed by atoms with Crippen LogP contribution in [0.4, 0.5) is 11.4 Å². The molecule has 0 unspecified atom stereocenters. The first-order valence-electron chi connectivity index (χ1n) is 10.6. The van der Waals surface area contributed by atoms with Gasteiger partial charge in [-0.2, -0.15) is 0 Å². The van der Waals surface area contributed by atoms with E-state index in [2.05, 4.69) is 60.2 Å². The summed E-state index contributed by atoms with van der Waals surface area (Å²) in [6, 6.07) is 15.9. The summed E-state index contributed by atoms with van der Waals surface area (Å²) >= 11 is 0. The number of oxazole rings is 1. The lowest BCUT2D eigenvalue weighted by Gasteiger charge is -2.37. The lowest BCUT2D eigenvalue weighted by atomic mass is 9.97. The molecule has 1 aliphatic heterocycles. The number of nitrogens with zero attached hydrogens (tertiary/aromatic N) is 3. The molecule has 1 amide bonds. The molecule has 30 heavy (non-hydrogen) atoms. The molecule has 1 saturated heterocycles. The SMILES string of the molecule is C[C@@H](Nc1ccc2oc(C(C)(C)C)nc2c1)C(=O)N1CCN(c2ccccc2)CC1. The first kappa shape index (κ1) is 20.3. The van der Waals surface area contributed by atoms with E-state index in [0.29, 0.717) is 0 Å². The van der Waals surface area contributed by atoms with Gasteiger partial charge in [0, 0.05) is 43.0 Å². The molecular formula is C24H30N4O2. The molecule has 6 heteroatoms. The molecule has 6 nitrogen and oxygen atoms in total. The molecule has 0 aliphatic carbocycles. The second-order valence-corrected chi connectivity index (χ2v) is 8.97. The molecule has 3 aromatic rings. The van der Waals surface area contributed by atoms with Gasteiger partial charge in [-0.15, -0.1) is 0 Å². The minimum Gasteiger partial charge on any atom is -0.440 e. The summed E-state index contributed by atoms with van der Waals surface area (Å²) in [6.45, 7) is 11.3. The second kappa shape index (κ2) is 8.01.